The Morgan fingerprint density at radius 3 is 2.46 bits per heavy atom. The molecular weight excluding hydrogens is 329 g/mol. The first kappa shape index (κ1) is 16.9. The predicted molar refractivity (Wildman–Crippen MR) is 91.4 cm³/mol. The van der Waals surface area contributed by atoms with Gasteiger partial charge in [-0.25, -0.2) is 4.39 Å². The maximum Gasteiger partial charge on any atom is 0.224 e. The second-order valence-electron chi connectivity index (χ2n) is 5.94. The summed E-state index contributed by atoms with van der Waals surface area (Å²) in [6.07, 6.45) is 1.41. The molecule has 1 atom stereocenters. The Hall–Kier alpha value is -1.91. The minimum atomic E-state index is -0.435. The number of nitrogens with one attached hydrogen (secondary N) is 1. The van der Waals surface area contributed by atoms with Crippen molar-refractivity contribution in [3.63, 3.8) is 0 Å². The molecule has 126 valence electrons. The Bertz CT molecular complexity index is 671. The van der Waals surface area contributed by atoms with Crippen LogP contribution in [0.4, 0.5) is 4.39 Å². The second-order valence-corrected chi connectivity index (χ2v) is 6.37. The van der Waals surface area contributed by atoms with Crippen LogP contribution in [0.25, 0.3) is 0 Å². The molecule has 1 unspecified atom stereocenters. The molecule has 1 fully saturated rings. The zero-order valence-corrected chi connectivity index (χ0v) is 13.9. The lowest BCUT2D eigenvalue weighted by Crippen LogP contribution is -2.37. The molecule has 1 amide bonds. The van der Waals surface area contributed by atoms with Gasteiger partial charge in [-0.2, -0.15) is 0 Å². The van der Waals surface area contributed by atoms with Crippen LogP contribution in [0.5, 0.6) is 0 Å². The predicted octanol–water partition coefficient (Wildman–Crippen LogP) is 4.11. The van der Waals surface area contributed by atoms with Gasteiger partial charge in [-0.15, -0.1) is 0 Å². The molecular formula is C19H19ClFNO2. The minimum Gasteiger partial charge on any atom is -0.381 e. The molecule has 1 aliphatic rings. The molecule has 3 nitrogen and oxygen atoms in total. The Kier molecular flexibility index (Phi) is 5.48. The van der Waals surface area contributed by atoms with Crippen molar-refractivity contribution >= 4 is 17.5 Å². The van der Waals surface area contributed by atoms with E-state index in [1.54, 1.807) is 24.3 Å². The van der Waals surface area contributed by atoms with Crippen LogP contribution in [0, 0.1) is 11.7 Å². The molecule has 1 N–H and O–H groups in total. The van der Waals surface area contributed by atoms with Gasteiger partial charge in [-0.05, 0) is 48.2 Å². The average Bonchev–Trinajstić information content (AvgIpc) is 2.60. The fraction of sp³-hybridized carbons (Fsp3) is 0.316. The average molecular weight is 348 g/mol. The number of hydrogen-bond acceptors (Lipinski definition) is 2. The number of amides is 1. The van der Waals surface area contributed by atoms with Crippen molar-refractivity contribution in [1.82, 2.24) is 5.32 Å². The monoisotopic (exact) mass is 347 g/mol. The zero-order chi connectivity index (χ0) is 16.9. The maximum atomic E-state index is 13.7. The van der Waals surface area contributed by atoms with Gasteiger partial charge in [0.2, 0.25) is 5.91 Å². The van der Waals surface area contributed by atoms with Crippen molar-refractivity contribution in [1.29, 1.82) is 0 Å². The molecule has 3 rings (SSSR count). The van der Waals surface area contributed by atoms with Crippen molar-refractivity contribution < 1.29 is 13.9 Å². The van der Waals surface area contributed by atoms with Crippen molar-refractivity contribution in [2.75, 3.05) is 13.2 Å². The minimum absolute atomic E-state index is 0.0347. The molecule has 24 heavy (non-hydrogen) atoms. The van der Waals surface area contributed by atoms with E-state index in [-0.39, 0.29) is 17.6 Å². The van der Waals surface area contributed by atoms with E-state index < -0.39 is 6.04 Å². The van der Waals surface area contributed by atoms with Crippen molar-refractivity contribution in [3.05, 3.63) is 70.5 Å². The number of ether oxygens (including phenoxy) is 1. The quantitative estimate of drug-likeness (QED) is 0.903. The molecule has 5 heteroatoms. The van der Waals surface area contributed by atoms with E-state index >= 15 is 0 Å². The SMILES string of the molecule is O=C(NC(c1cccc(F)c1)c1cccc(Cl)c1)C1CCOCC1. The van der Waals surface area contributed by atoms with E-state index in [1.807, 2.05) is 12.1 Å². The maximum absolute atomic E-state index is 13.7. The fourth-order valence-corrected chi connectivity index (χ4v) is 3.15. The van der Waals surface area contributed by atoms with Gasteiger partial charge in [0, 0.05) is 24.2 Å². The van der Waals surface area contributed by atoms with Crippen LogP contribution in [-0.4, -0.2) is 19.1 Å². The summed E-state index contributed by atoms with van der Waals surface area (Å²) >= 11 is 6.09. The first-order valence-electron chi connectivity index (χ1n) is 8.02. The molecule has 2 aromatic rings. The molecule has 0 aliphatic carbocycles. The second kappa shape index (κ2) is 7.77. The molecule has 0 aromatic heterocycles. The first-order chi connectivity index (χ1) is 11.6. The van der Waals surface area contributed by atoms with Crippen LogP contribution in [0.1, 0.15) is 30.0 Å². The topological polar surface area (TPSA) is 38.3 Å². The Labute approximate surface area is 145 Å². The molecule has 1 saturated heterocycles. The van der Waals surface area contributed by atoms with Crippen LogP contribution in [-0.2, 0) is 9.53 Å². The highest BCUT2D eigenvalue weighted by molar-refractivity contribution is 6.30. The lowest BCUT2D eigenvalue weighted by Gasteiger charge is -2.26. The highest BCUT2D eigenvalue weighted by atomic mass is 35.5. The number of carbonyl (C=O) groups excluding carboxylic acids is 1. The normalized spacial score (nSPS) is 16.6. The van der Waals surface area contributed by atoms with Crippen molar-refractivity contribution in [2.24, 2.45) is 5.92 Å². The van der Waals surface area contributed by atoms with E-state index in [4.69, 9.17) is 16.3 Å². The van der Waals surface area contributed by atoms with Gasteiger partial charge in [0.15, 0.2) is 0 Å². The van der Waals surface area contributed by atoms with E-state index in [1.165, 1.54) is 12.1 Å². The molecule has 0 bridgehead atoms. The lowest BCUT2D eigenvalue weighted by molar-refractivity contribution is -0.128. The molecule has 0 radical (unpaired) electrons. The molecule has 0 spiro atoms. The van der Waals surface area contributed by atoms with Gasteiger partial charge in [0.1, 0.15) is 5.82 Å². The summed E-state index contributed by atoms with van der Waals surface area (Å²) in [5.41, 5.74) is 1.52. The van der Waals surface area contributed by atoms with E-state index in [0.29, 0.717) is 36.6 Å². The highest BCUT2D eigenvalue weighted by Gasteiger charge is 2.25. The molecule has 2 aromatic carbocycles. The number of benzene rings is 2. The van der Waals surface area contributed by atoms with Crippen LogP contribution < -0.4 is 5.32 Å². The van der Waals surface area contributed by atoms with Crippen molar-refractivity contribution in [2.45, 2.75) is 18.9 Å². The van der Waals surface area contributed by atoms with Crippen LogP contribution in [0.2, 0.25) is 5.02 Å². The Morgan fingerprint density at radius 2 is 1.79 bits per heavy atom. The third-order valence-corrected chi connectivity index (χ3v) is 4.48. The largest absolute Gasteiger partial charge is 0.381 e. The Morgan fingerprint density at radius 1 is 1.12 bits per heavy atom. The summed E-state index contributed by atoms with van der Waals surface area (Å²) in [4.78, 5) is 12.6. The molecule has 1 aliphatic heterocycles. The zero-order valence-electron chi connectivity index (χ0n) is 13.2. The summed E-state index contributed by atoms with van der Waals surface area (Å²) in [5.74, 6) is -0.443. The van der Waals surface area contributed by atoms with Gasteiger partial charge in [-0.3, -0.25) is 4.79 Å². The van der Waals surface area contributed by atoms with E-state index in [0.717, 1.165) is 5.56 Å². The number of halogens is 2. The standard InChI is InChI=1S/C19H19ClFNO2/c20-16-5-1-3-14(11-16)18(15-4-2-6-17(21)12-15)22-19(23)13-7-9-24-10-8-13/h1-6,11-13,18H,7-10H2,(H,22,23). The van der Waals surface area contributed by atoms with E-state index in [9.17, 15) is 9.18 Å². The molecule has 1 heterocycles. The summed E-state index contributed by atoms with van der Waals surface area (Å²) in [6.45, 7) is 1.19. The van der Waals surface area contributed by atoms with Gasteiger partial charge in [0.05, 0.1) is 6.04 Å². The van der Waals surface area contributed by atoms with Crippen LogP contribution in [0.15, 0.2) is 48.5 Å². The lowest BCUT2D eigenvalue weighted by atomic mass is 9.95. The first-order valence-corrected chi connectivity index (χ1v) is 8.40. The van der Waals surface area contributed by atoms with Gasteiger partial charge in [-0.1, -0.05) is 35.9 Å². The number of rotatable bonds is 4. The number of hydrogen-bond donors (Lipinski definition) is 1. The highest BCUT2D eigenvalue weighted by Crippen LogP contribution is 2.26. The third kappa shape index (κ3) is 4.13. The van der Waals surface area contributed by atoms with Crippen LogP contribution in [0.3, 0.4) is 0 Å². The Balaban J connectivity index is 1.88. The third-order valence-electron chi connectivity index (χ3n) is 4.24. The van der Waals surface area contributed by atoms with Gasteiger partial charge in [0.25, 0.3) is 0 Å². The summed E-state index contributed by atoms with van der Waals surface area (Å²) < 4.78 is 19.0. The van der Waals surface area contributed by atoms with E-state index in [2.05, 4.69) is 5.32 Å². The summed E-state index contributed by atoms with van der Waals surface area (Å²) in [7, 11) is 0. The summed E-state index contributed by atoms with van der Waals surface area (Å²) in [5, 5.41) is 3.63. The summed E-state index contributed by atoms with van der Waals surface area (Å²) in [6, 6.07) is 13.1. The van der Waals surface area contributed by atoms with Crippen LogP contribution >= 0.6 is 11.6 Å². The number of carbonyl (C=O) groups is 1. The van der Waals surface area contributed by atoms with Gasteiger partial charge >= 0.3 is 0 Å². The van der Waals surface area contributed by atoms with Crippen molar-refractivity contribution in [3.8, 4) is 0 Å². The smallest absolute Gasteiger partial charge is 0.224 e. The molecule has 0 saturated carbocycles. The fourth-order valence-electron chi connectivity index (χ4n) is 2.95. The van der Waals surface area contributed by atoms with Gasteiger partial charge < -0.3 is 10.1 Å².